The Balaban J connectivity index is 3.24. The average molecular weight is 198 g/mol. The van der Waals surface area contributed by atoms with Crippen molar-refractivity contribution >= 4 is 11.5 Å². The molecule has 0 fully saturated rings. The lowest BCUT2D eigenvalue weighted by atomic mass is 10.2. The molecule has 0 spiro atoms. The third kappa shape index (κ3) is 1.63. The lowest BCUT2D eigenvalue weighted by Gasteiger charge is -1.91. The number of ketones is 1. The summed E-state index contributed by atoms with van der Waals surface area (Å²) in [5, 5.41) is 14.0. The summed E-state index contributed by atoms with van der Waals surface area (Å²) in [6, 6.07) is 0. The second kappa shape index (κ2) is 3.99. The van der Waals surface area contributed by atoms with E-state index in [4.69, 9.17) is 4.52 Å². The molecule has 1 rings (SSSR count). The zero-order valence-corrected chi connectivity index (χ0v) is 7.94. The van der Waals surface area contributed by atoms with Crippen LogP contribution < -0.4 is 0 Å². The quantitative estimate of drug-likeness (QED) is 0.417. The maximum Gasteiger partial charge on any atom is 0.342 e. The molecule has 0 saturated heterocycles. The molecular weight excluding hydrogens is 188 g/mol. The summed E-state index contributed by atoms with van der Waals surface area (Å²) in [5.41, 5.74) is -0.464. The molecule has 0 radical (unpaired) electrons. The second-order valence-corrected chi connectivity index (χ2v) is 2.69. The van der Waals surface area contributed by atoms with E-state index >= 15 is 0 Å². The van der Waals surface area contributed by atoms with Crippen molar-refractivity contribution in [2.24, 2.45) is 0 Å². The van der Waals surface area contributed by atoms with Crippen LogP contribution in [0.5, 0.6) is 0 Å². The molecule has 0 aliphatic rings. The van der Waals surface area contributed by atoms with Gasteiger partial charge in [-0.25, -0.2) is 0 Å². The number of nitrogens with zero attached hydrogens (tertiary/aromatic N) is 2. The van der Waals surface area contributed by atoms with Gasteiger partial charge in [0, 0.05) is 12.8 Å². The van der Waals surface area contributed by atoms with Crippen LogP contribution in [0.2, 0.25) is 0 Å². The van der Waals surface area contributed by atoms with Gasteiger partial charge in [-0.1, -0.05) is 19.0 Å². The predicted molar refractivity (Wildman–Crippen MR) is 47.2 cm³/mol. The molecule has 14 heavy (non-hydrogen) atoms. The predicted octanol–water partition coefficient (Wildman–Crippen LogP) is 1.74. The van der Waals surface area contributed by atoms with Gasteiger partial charge in [0.15, 0.2) is 5.78 Å². The first-order valence-corrected chi connectivity index (χ1v) is 4.27. The summed E-state index contributed by atoms with van der Waals surface area (Å²) in [6.45, 7) is 3.32. The third-order valence-corrected chi connectivity index (χ3v) is 1.82. The highest BCUT2D eigenvalue weighted by Crippen LogP contribution is 2.24. The summed E-state index contributed by atoms with van der Waals surface area (Å²) >= 11 is 0. The number of hydrogen-bond acceptors (Lipinski definition) is 5. The molecule has 0 aliphatic carbocycles. The van der Waals surface area contributed by atoms with E-state index in [2.05, 4.69) is 5.16 Å². The van der Waals surface area contributed by atoms with E-state index in [0.29, 0.717) is 6.42 Å². The molecule has 6 nitrogen and oxygen atoms in total. The van der Waals surface area contributed by atoms with Crippen LogP contribution in [0, 0.1) is 10.1 Å². The van der Waals surface area contributed by atoms with Crippen molar-refractivity contribution in [2.45, 2.75) is 26.7 Å². The molecule has 0 N–H and O–H groups in total. The molecule has 0 unspecified atom stereocenters. The van der Waals surface area contributed by atoms with Gasteiger partial charge in [0.25, 0.3) is 0 Å². The lowest BCUT2D eigenvalue weighted by Crippen LogP contribution is -2.02. The van der Waals surface area contributed by atoms with E-state index in [1.165, 1.54) is 0 Å². The van der Waals surface area contributed by atoms with Crippen molar-refractivity contribution in [1.29, 1.82) is 0 Å². The van der Waals surface area contributed by atoms with Crippen LogP contribution >= 0.6 is 0 Å². The van der Waals surface area contributed by atoms with E-state index in [1.54, 1.807) is 13.8 Å². The van der Waals surface area contributed by atoms with Gasteiger partial charge < -0.3 is 4.52 Å². The van der Waals surface area contributed by atoms with Crippen LogP contribution in [0.25, 0.3) is 0 Å². The van der Waals surface area contributed by atoms with Crippen LogP contribution in [-0.2, 0) is 6.42 Å². The minimum atomic E-state index is -0.627. The van der Waals surface area contributed by atoms with E-state index in [-0.39, 0.29) is 29.3 Å². The fraction of sp³-hybridized carbons (Fsp3) is 0.500. The molecule has 6 heteroatoms. The number of nitro groups is 1. The Kier molecular flexibility index (Phi) is 2.95. The number of hydrogen-bond donors (Lipinski definition) is 0. The summed E-state index contributed by atoms with van der Waals surface area (Å²) in [5.74, 6) is -0.230. The van der Waals surface area contributed by atoms with E-state index < -0.39 is 4.92 Å². The molecule has 0 saturated carbocycles. The molecule has 1 aromatic rings. The summed E-state index contributed by atoms with van der Waals surface area (Å²) in [6.07, 6.45) is 0.525. The molecule has 0 aromatic carbocycles. The SMILES string of the molecule is CCC(=O)c1noc(CC)c1[N+](=O)[O-]. The Morgan fingerprint density at radius 1 is 1.57 bits per heavy atom. The summed E-state index contributed by atoms with van der Waals surface area (Å²) in [7, 11) is 0. The van der Waals surface area contributed by atoms with Gasteiger partial charge >= 0.3 is 5.69 Å². The number of aromatic nitrogens is 1. The van der Waals surface area contributed by atoms with Gasteiger partial charge in [-0.2, -0.15) is 0 Å². The number of carbonyl (C=O) groups excluding carboxylic acids is 1. The van der Waals surface area contributed by atoms with Crippen molar-refractivity contribution in [3.05, 3.63) is 21.6 Å². The minimum Gasteiger partial charge on any atom is -0.353 e. The Morgan fingerprint density at radius 2 is 2.21 bits per heavy atom. The van der Waals surface area contributed by atoms with Crippen LogP contribution in [0.15, 0.2) is 4.52 Å². The Bertz CT molecular complexity index is 369. The van der Waals surface area contributed by atoms with Crippen molar-refractivity contribution in [1.82, 2.24) is 5.16 Å². The molecule has 1 aromatic heterocycles. The van der Waals surface area contributed by atoms with Crippen molar-refractivity contribution < 1.29 is 14.2 Å². The maximum absolute atomic E-state index is 11.2. The monoisotopic (exact) mass is 198 g/mol. The zero-order valence-electron chi connectivity index (χ0n) is 7.94. The topological polar surface area (TPSA) is 86.2 Å². The Hall–Kier alpha value is -1.72. The fourth-order valence-electron chi connectivity index (χ4n) is 1.09. The summed E-state index contributed by atoms with van der Waals surface area (Å²) < 4.78 is 4.72. The fourth-order valence-corrected chi connectivity index (χ4v) is 1.09. The van der Waals surface area contributed by atoms with Gasteiger partial charge in [-0.3, -0.25) is 14.9 Å². The Labute approximate surface area is 80.0 Å². The highest BCUT2D eigenvalue weighted by atomic mass is 16.6. The number of carbonyl (C=O) groups is 1. The molecule has 0 amide bonds. The van der Waals surface area contributed by atoms with Crippen molar-refractivity contribution in [3.8, 4) is 0 Å². The zero-order chi connectivity index (χ0) is 10.7. The van der Waals surface area contributed by atoms with Crippen LogP contribution in [-0.4, -0.2) is 15.9 Å². The molecule has 0 aliphatic heterocycles. The van der Waals surface area contributed by atoms with E-state index in [0.717, 1.165) is 0 Å². The van der Waals surface area contributed by atoms with Crippen LogP contribution in [0.4, 0.5) is 5.69 Å². The van der Waals surface area contributed by atoms with Gasteiger partial charge in [0.1, 0.15) is 0 Å². The van der Waals surface area contributed by atoms with Gasteiger partial charge in [-0.15, -0.1) is 0 Å². The van der Waals surface area contributed by atoms with Gasteiger partial charge in [0.05, 0.1) is 4.92 Å². The van der Waals surface area contributed by atoms with Gasteiger partial charge in [-0.05, 0) is 0 Å². The van der Waals surface area contributed by atoms with Gasteiger partial charge in [0.2, 0.25) is 11.5 Å². The van der Waals surface area contributed by atoms with Crippen molar-refractivity contribution in [3.63, 3.8) is 0 Å². The van der Waals surface area contributed by atoms with Crippen LogP contribution in [0.1, 0.15) is 36.5 Å². The second-order valence-electron chi connectivity index (χ2n) is 2.69. The molecular formula is C8H10N2O4. The minimum absolute atomic E-state index is 0.145. The van der Waals surface area contributed by atoms with E-state index in [1.807, 2.05) is 0 Å². The highest BCUT2D eigenvalue weighted by molar-refractivity contribution is 5.97. The smallest absolute Gasteiger partial charge is 0.342 e. The number of Topliss-reactive ketones (excluding diaryl/α,β-unsaturated/α-hetero) is 1. The average Bonchev–Trinajstić information content (AvgIpc) is 2.59. The largest absolute Gasteiger partial charge is 0.353 e. The molecule has 1 heterocycles. The molecule has 0 atom stereocenters. The lowest BCUT2D eigenvalue weighted by molar-refractivity contribution is -0.386. The normalized spacial score (nSPS) is 10.1. The van der Waals surface area contributed by atoms with Crippen molar-refractivity contribution in [2.75, 3.05) is 0 Å². The highest BCUT2D eigenvalue weighted by Gasteiger charge is 2.29. The maximum atomic E-state index is 11.2. The third-order valence-electron chi connectivity index (χ3n) is 1.82. The van der Waals surface area contributed by atoms with Crippen LogP contribution in [0.3, 0.4) is 0 Å². The number of rotatable bonds is 4. The first-order chi connectivity index (χ1) is 6.61. The molecule has 76 valence electrons. The molecule has 0 bridgehead atoms. The first kappa shape index (κ1) is 10.4. The summed E-state index contributed by atoms with van der Waals surface area (Å²) in [4.78, 5) is 21.3. The Morgan fingerprint density at radius 3 is 2.64 bits per heavy atom. The first-order valence-electron chi connectivity index (χ1n) is 4.27. The van der Waals surface area contributed by atoms with E-state index in [9.17, 15) is 14.9 Å². The standard InChI is InChI=1S/C8H10N2O4/c1-3-5(11)7-8(10(12)13)6(4-2)14-9-7/h3-4H2,1-2H3. The number of aryl methyl sites for hydroxylation is 1.